The molecule has 0 spiro atoms. The molecule has 0 radical (unpaired) electrons. The van der Waals surface area contributed by atoms with Crippen LogP contribution >= 0.6 is 0 Å². The van der Waals surface area contributed by atoms with Crippen molar-refractivity contribution in [3.8, 4) is 0 Å². The number of morpholine rings is 1. The number of hydrogen-bond acceptors (Lipinski definition) is 5. The van der Waals surface area contributed by atoms with Crippen molar-refractivity contribution in [1.29, 1.82) is 0 Å². The Balaban J connectivity index is 1.82. The van der Waals surface area contributed by atoms with Crippen LogP contribution in [0.15, 0.2) is 18.2 Å². The fourth-order valence-electron chi connectivity index (χ4n) is 3.50. The Labute approximate surface area is 137 Å². The molecule has 0 bridgehead atoms. The molecule has 1 aromatic carbocycles. The largest absolute Gasteiger partial charge is 0.379 e. The predicted molar refractivity (Wildman–Crippen MR) is 89.8 cm³/mol. The van der Waals surface area contributed by atoms with E-state index in [1.807, 2.05) is 12.1 Å². The fraction of sp³-hybridized carbons (Fsp3) is 0.647. The maximum atomic E-state index is 11.4. The van der Waals surface area contributed by atoms with Crippen LogP contribution in [0.25, 0.3) is 0 Å². The molecule has 0 N–H and O–H groups in total. The van der Waals surface area contributed by atoms with Crippen LogP contribution in [-0.4, -0.2) is 49.2 Å². The second-order valence-electron chi connectivity index (χ2n) is 6.66. The number of benzene rings is 1. The maximum Gasteiger partial charge on any atom is 0.292 e. The summed E-state index contributed by atoms with van der Waals surface area (Å²) in [5.74, 6) is 0.589. The molecule has 2 saturated heterocycles. The Morgan fingerprint density at radius 2 is 2.09 bits per heavy atom. The minimum Gasteiger partial charge on any atom is -0.379 e. The molecule has 3 rings (SSSR count). The van der Waals surface area contributed by atoms with Crippen molar-refractivity contribution in [2.75, 3.05) is 44.3 Å². The number of rotatable bonds is 4. The highest BCUT2D eigenvalue weighted by atomic mass is 16.6. The normalized spacial score (nSPS) is 23.0. The lowest BCUT2D eigenvalue weighted by molar-refractivity contribution is -0.384. The molecule has 6 nitrogen and oxygen atoms in total. The molecule has 23 heavy (non-hydrogen) atoms. The summed E-state index contributed by atoms with van der Waals surface area (Å²) >= 11 is 0. The summed E-state index contributed by atoms with van der Waals surface area (Å²) in [5.41, 5.74) is 2.16. The van der Waals surface area contributed by atoms with E-state index in [4.69, 9.17) is 4.74 Å². The molecule has 1 aromatic rings. The zero-order valence-electron chi connectivity index (χ0n) is 13.7. The molecule has 2 fully saturated rings. The number of piperidine rings is 1. The van der Waals surface area contributed by atoms with Gasteiger partial charge >= 0.3 is 0 Å². The summed E-state index contributed by atoms with van der Waals surface area (Å²) in [6.07, 6.45) is 2.31. The van der Waals surface area contributed by atoms with Gasteiger partial charge in [0.2, 0.25) is 0 Å². The van der Waals surface area contributed by atoms with Gasteiger partial charge in [-0.05, 0) is 30.4 Å². The molecule has 126 valence electrons. The first-order chi connectivity index (χ1) is 11.1. The summed E-state index contributed by atoms with van der Waals surface area (Å²) in [7, 11) is 0. The van der Waals surface area contributed by atoms with Crippen LogP contribution in [0.1, 0.15) is 25.3 Å². The average Bonchev–Trinajstić information content (AvgIpc) is 2.55. The molecule has 0 amide bonds. The minimum absolute atomic E-state index is 0.227. The van der Waals surface area contributed by atoms with E-state index in [2.05, 4.69) is 16.7 Å². The van der Waals surface area contributed by atoms with Crippen molar-refractivity contribution in [3.05, 3.63) is 33.9 Å². The number of ether oxygens (including phenoxy) is 1. The Hall–Kier alpha value is -1.66. The molecule has 2 heterocycles. The summed E-state index contributed by atoms with van der Waals surface area (Å²) < 4.78 is 5.38. The van der Waals surface area contributed by atoms with E-state index in [1.165, 1.54) is 6.42 Å². The van der Waals surface area contributed by atoms with Gasteiger partial charge in [-0.1, -0.05) is 13.0 Å². The van der Waals surface area contributed by atoms with E-state index in [0.717, 1.165) is 63.6 Å². The summed E-state index contributed by atoms with van der Waals surface area (Å²) in [6.45, 7) is 8.24. The zero-order chi connectivity index (χ0) is 16.2. The molecule has 0 unspecified atom stereocenters. The number of anilines is 1. The topological polar surface area (TPSA) is 58.8 Å². The SMILES string of the molecule is C[C@H]1CCCN(c2cc(CN3CCOCC3)ccc2[N+](=O)[O-])C1. The van der Waals surface area contributed by atoms with Crippen LogP contribution in [0, 0.1) is 16.0 Å². The maximum absolute atomic E-state index is 11.4. The van der Waals surface area contributed by atoms with Gasteiger partial charge in [-0.2, -0.15) is 0 Å². The highest BCUT2D eigenvalue weighted by molar-refractivity contribution is 5.64. The third-order valence-electron chi connectivity index (χ3n) is 4.74. The van der Waals surface area contributed by atoms with Gasteiger partial charge in [-0.25, -0.2) is 0 Å². The van der Waals surface area contributed by atoms with Gasteiger partial charge < -0.3 is 9.64 Å². The second-order valence-corrected chi connectivity index (χ2v) is 6.66. The van der Waals surface area contributed by atoms with Crippen LogP contribution in [0.2, 0.25) is 0 Å². The van der Waals surface area contributed by atoms with Crippen LogP contribution in [0.4, 0.5) is 11.4 Å². The zero-order valence-corrected chi connectivity index (χ0v) is 13.7. The van der Waals surface area contributed by atoms with Crippen molar-refractivity contribution in [2.24, 2.45) is 5.92 Å². The minimum atomic E-state index is -0.257. The van der Waals surface area contributed by atoms with Crippen molar-refractivity contribution >= 4 is 11.4 Å². The molecule has 1 atom stereocenters. The molecule has 6 heteroatoms. The standard InChI is InChI=1S/C17H25N3O3/c1-14-3-2-6-19(12-14)17-11-15(4-5-16(17)20(21)22)13-18-7-9-23-10-8-18/h4-5,11,14H,2-3,6-10,12-13H2,1H3/t14-/m0/s1. The summed E-state index contributed by atoms with van der Waals surface area (Å²) in [6, 6.07) is 5.58. The second kappa shape index (κ2) is 7.27. The first-order valence-electron chi connectivity index (χ1n) is 8.46. The van der Waals surface area contributed by atoms with Gasteiger partial charge in [-0.3, -0.25) is 15.0 Å². The van der Waals surface area contributed by atoms with E-state index in [0.29, 0.717) is 5.92 Å². The van der Waals surface area contributed by atoms with E-state index in [-0.39, 0.29) is 10.6 Å². The highest BCUT2D eigenvalue weighted by Gasteiger charge is 2.24. The number of nitrogens with zero attached hydrogens (tertiary/aromatic N) is 3. The van der Waals surface area contributed by atoms with Gasteiger partial charge in [0.05, 0.1) is 18.1 Å². The van der Waals surface area contributed by atoms with E-state index in [1.54, 1.807) is 6.07 Å². The van der Waals surface area contributed by atoms with Crippen LogP contribution in [-0.2, 0) is 11.3 Å². The van der Waals surface area contributed by atoms with Crippen molar-refractivity contribution in [2.45, 2.75) is 26.3 Å². The predicted octanol–water partition coefficient (Wildman–Crippen LogP) is 2.66. The van der Waals surface area contributed by atoms with Crippen LogP contribution in [0.3, 0.4) is 0 Å². The quantitative estimate of drug-likeness (QED) is 0.631. The Bertz CT molecular complexity index is 558. The van der Waals surface area contributed by atoms with Crippen LogP contribution < -0.4 is 4.90 Å². The number of hydrogen-bond donors (Lipinski definition) is 0. The fourth-order valence-corrected chi connectivity index (χ4v) is 3.50. The Morgan fingerprint density at radius 3 is 2.78 bits per heavy atom. The molecular formula is C17H25N3O3. The van der Waals surface area contributed by atoms with Gasteiger partial charge in [0, 0.05) is 38.8 Å². The molecule has 0 aliphatic carbocycles. The molecule has 0 aromatic heterocycles. The van der Waals surface area contributed by atoms with Gasteiger partial charge in [0.25, 0.3) is 5.69 Å². The van der Waals surface area contributed by atoms with Crippen molar-refractivity contribution in [1.82, 2.24) is 4.90 Å². The van der Waals surface area contributed by atoms with Crippen LogP contribution in [0.5, 0.6) is 0 Å². The lowest BCUT2D eigenvalue weighted by Crippen LogP contribution is -2.36. The van der Waals surface area contributed by atoms with Gasteiger partial charge in [0.1, 0.15) is 5.69 Å². The molecule has 2 aliphatic rings. The molecule has 0 saturated carbocycles. The van der Waals surface area contributed by atoms with Gasteiger partial charge in [0.15, 0.2) is 0 Å². The monoisotopic (exact) mass is 319 g/mol. The van der Waals surface area contributed by atoms with E-state index >= 15 is 0 Å². The number of nitro groups is 1. The smallest absolute Gasteiger partial charge is 0.292 e. The highest BCUT2D eigenvalue weighted by Crippen LogP contribution is 2.32. The lowest BCUT2D eigenvalue weighted by Gasteiger charge is -2.33. The Morgan fingerprint density at radius 1 is 1.30 bits per heavy atom. The first-order valence-corrected chi connectivity index (χ1v) is 8.46. The van der Waals surface area contributed by atoms with E-state index in [9.17, 15) is 10.1 Å². The third-order valence-corrected chi connectivity index (χ3v) is 4.74. The molecule has 2 aliphatic heterocycles. The van der Waals surface area contributed by atoms with Crippen molar-refractivity contribution in [3.63, 3.8) is 0 Å². The molecular weight excluding hydrogens is 294 g/mol. The van der Waals surface area contributed by atoms with Gasteiger partial charge in [-0.15, -0.1) is 0 Å². The summed E-state index contributed by atoms with van der Waals surface area (Å²) in [5, 5.41) is 11.4. The van der Waals surface area contributed by atoms with Crippen molar-refractivity contribution < 1.29 is 9.66 Å². The number of nitro benzene ring substituents is 1. The average molecular weight is 319 g/mol. The summed E-state index contributed by atoms with van der Waals surface area (Å²) in [4.78, 5) is 15.7. The van der Waals surface area contributed by atoms with E-state index < -0.39 is 0 Å². The first kappa shape index (κ1) is 16.2. The Kier molecular flexibility index (Phi) is 5.13. The third kappa shape index (κ3) is 4.00. The lowest BCUT2D eigenvalue weighted by atomic mass is 9.99.